The first kappa shape index (κ1) is 12.6. The van der Waals surface area contributed by atoms with E-state index in [1.54, 1.807) is 0 Å². The molecule has 0 aliphatic rings. The molecule has 0 atom stereocenters. The van der Waals surface area contributed by atoms with Crippen LogP contribution in [0.1, 0.15) is 25.3 Å². The van der Waals surface area contributed by atoms with Gasteiger partial charge in [0.15, 0.2) is 11.6 Å². The maximum atomic E-state index is 5.58. The van der Waals surface area contributed by atoms with Gasteiger partial charge in [0.2, 0.25) is 0 Å². The molecular formula is C14H19N3O. The van der Waals surface area contributed by atoms with E-state index in [-0.39, 0.29) is 0 Å². The van der Waals surface area contributed by atoms with Crippen molar-refractivity contribution in [2.75, 3.05) is 12.4 Å². The van der Waals surface area contributed by atoms with Gasteiger partial charge in [0.25, 0.3) is 0 Å². The zero-order chi connectivity index (χ0) is 13.1. The molecule has 0 amide bonds. The lowest BCUT2D eigenvalue weighted by atomic mass is 10.1. The van der Waals surface area contributed by atoms with Crippen molar-refractivity contribution in [3.63, 3.8) is 0 Å². The summed E-state index contributed by atoms with van der Waals surface area (Å²) in [7, 11) is 1.86. The molecule has 0 aromatic carbocycles. The summed E-state index contributed by atoms with van der Waals surface area (Å²) in [6.45, 7) is 6.27. The Morgan fingerprint density at radius 3 is 2.61 bits per heavy atom. The Hall–Kier alpha value is -1.84. The predicted octanol–water partition coefficient (Wildman–Crippen LogP) is 3.29. The Labute approximate surface area is 107 Å². The molecule has 2 heterocycles. The molecule has 0 spiro atoms. The first-order valence-electron chi connectivity index (χ1n) is 6.21. The third-order valence-corrected chi connectivity index (χ3v) is 2.61. The normalized spacial score (nSPS) is 10.9. The van der Waals surface area contributed by atoms with Crippen LogP contribution in [0.4, 0.5) is 5.82 Å². The van der Waals surface area contributed by atoms with Crippen molar-refractivity contribution < 1.29 is 4.42 Å². The van der Waals surface area contributed by atoms with Gasteiger partial charge in [-0.3, -0.25) is 0 Å². The van der Waals surface area contributed by atoms with E-state index >= 15 is 0 Å². The van der Waals surface area contributed by atoms with E-state index in [1.807, 2.05) is 32.2 Å². The van der Waals surface area contributed by atoms with E-state index in [1.165, 1.54) is 0 Å². The second kappa shape index (κ2) is 5.21. The molecule has 4 heteroatoms. The molecule has 0 aliphatic carbocycles. The van der Waals surface area contributed by atoms with Crippen LogP contribution in [-0.2, 0) is 6.42 Å². The minimum absolute atomic E-state index is 0.566. The van der Waals surface area contributed by atoms with E-state index < -0.39 is 0 Å². The molecule has 2 aromatic rings. The van der Waals surface area contributed by atoms with Crippen molar-refractivity contribution in [2.45, 2.75) is 27.2 Å². The summed E-state index contributed by atoms with van der Waals surface area (Å²) in [5, 5.41) is 3.06. The number of aryl methyl sites for hydroxylation is 1. The topological polar surface area (TPSA) is 51.0 Å². The SMILES string of the molecule is CNc1cc(CC(C)C)nc(-c2ccc(C)o2)n1. The fraction of sp³-hybridized carbons (Fsp3) is 0.429. The molecule has 1 N–H and O–H groups in total. The predicted molar refractivity (Wildman–Crippen MR) is 72.6 cm³/mol. The van der Waals surface area contributed by atoms with Crippen LogP contribution in [0.2, 0.25) is 0 Å². The number of hydrogen-bond acceptors (Lipinski definition) is 4. The van der Waals surface area contributed by atoms with Crippen molar-refractivity contribution in [3.8, 4) is 11.6 Å². The highest BCUT2D eigenvalue weighted by atomic mass is 16.3. The standard InChI is InChI=1S/C14H19N3O/c1-9(2)7-11-8-13(15-4)17-14(16-11)12-6-5-10(3)18-12/h5-6,8-9H,7H2,1-4H3,(H,15,16,17). The zero-order valence-electron chi connectivity index (χ0n) is 11.3. The van der Waals surface area contributed by atoms with Gasteiger partial charge in [0.1, 0.15) is 11.6 Å². The molecular weight excluding hydrogens is 226 g/mol. The number of hydrogen-bond donors (Lipinski definition) is 1. The van der Waals surface area contributed by atoms with E-state index in [0.29, 0.717) is 11.7 Å². The van der Waals surface area contributed by atoms with Crippen LogP contribution < -0.4 is 5.32 Å². The van der Waals surface area contributed by atoms with Crippen LogP contribution >= 0.6 is 0 Å². The molecule has 2 rings (SSSR count). The second-order valence-electron chi connectivity index (χ2n) is 4.83. The van der Waals surface area contributed by atoms with Gasteiger partial charge in [-0.1, -0.05) is 13.8 Å². The van der Waals surface area contributed by atoms with Gasteiger partial charge in [-0.2, -0.15) is 0 Å². The monoisotopic (exact) mass is 245 g/mol. The number of nitrogens with zero attached hydrogens (tertiary/aromatic N) is 2. The van der Waals surface area contributed by atoms with Gasteiger partial charge in [-0.15, -0.1) is 0 Å². The highest BCUT2D eigenvalue weighted by molar-refractivity contribution is 5.51. The fourth-order valence-corrected chi connectivity index (χ4v) is 1.81. The molecule has 0 aliphatic heterocycles. The summed E-state index contributed by atoms with van der Waals surface area (Å²) in [5.74, 6) is 3.62. The molecule has 0 saturated carbocycles. The van der Waals surface area contributed by atoms with Crippen LogP contribution in [0.3, 0.4) is 0 Å². The third-order valence-electron chi connectivity index (χ3n) is 2.61. The van der Waals surface area contributed by atoms with Crippen molar-refractivity contribution in [1.82, 2.24) is 9.97 Å². The molecule has 0 saturated heterocycles. The minimum atomic E-state index is 0.566. The molecule has 96 valence electrons. The Kier molecular flexibility index (Phi) is 3.65. The fourth-order valence-electron chi connectivity index (χ4n) is 1.81. The van der Waals surface area contributed by atoms with Gasteiger partial charge < -0.3 is 9.73 Å². The van der Waals surface area contributed by atoms with E-state index in [2.05, 4.69) is 29.1 Å². The Morgan fingerprint density at radius 2 is 2.06 bits per heavy atom. The Bertz CT molecular complexity index is 532. The van der Waals surface area contributed by atoms with Crippen LogP contribution in [-0.4, -0.2) is 17.0 Å². The molecule has 0 bridgehead atoms. The van der Waals surface area contributed by atoms with Crippen LogP contribution in [0.5, 0.6) is 0 Å². The molecule has 2 aromatic heterocycles. The molecule has 18 heavy (non-hydrogen) atoms. The van der Waals surface area contributed by atoms with Crippen molar-refractivity contribution in [2.24, 2.45) is 5.92 Å². The van der Waals surface area contributed by atoms with Gasteiger partial charge in [0.05, 0.1) is 0 Å². The minimum Gasteiger partial charge on any atom is -0.458 e. The van der Waals surface area contributed by atoms with Gasteiger partial charge >= 0.3 is 0 Å². The smallest absolute Gasteiger partial charge is 0.197 e. The third kappa shape index (κ3) is 2.88. The maximum Gasteiger partial charge on any atom is 0.197 e. The Balaban J connectivity index is 2.40. The number of aromatic nitrogens is 2. The van der Waals surface area contributed by atoms with Gasteiger partial charge in [0, 0.05) is 18.8 Å². The van der Waals surface area contributed by atoms with Crippen LogP contribution in [0.15, 0.2) is 22.6 Å². The van der Waals surface area contributed by atoms with Gasteiger partial charge in [-0.05, 0) is 31.4 Å². The van der Waals surface area contributed by atoms with Crippen LogP contribution in [0, 0.1) is 12.8 Å². The number of furan rings is 1. The number of nitrogens with one attached hydrogen (secondary N) is 1. The first-order valence-corrected chi connectivity index (χ1v) is 6.21. The lowest BCUT2D eigenvalue weighted by Gasteiger charge is -2.08. The molecule has 0 radical (unpaired) electrons. The molecule has 0 unspecified atom stereocenters. The molecule has 0 fully saturated rings. The number of anilines is 1. The van der Waals surface area contributed by atoms with E-state index in [0.717, 1.165) is 29.5 Å². The summed E-state index contributed by atoms with van der Waals surface area (Å²) in [4.78, 5) is 8.99. The van der Waals surface area contributed by atoms with E-state index in [9.17, 15) is 0 Å². The maximum absolute atomic E-state index is 5.58. The quantitative estimate of drug-likeness (QED) is 0.898. The first-order chi connectivity index (χ1) is 8.58. The van der Waals surface area contributed by atoms with E-state index in [4.69, 9.17) is 4.42 Å². The molecule has 4 nitrogen and oxygen atoms in total. The van der Waals surface area contributed by atoms with Crippen LogP contribution in [0.25, 0.3) is 11.6 Å². The summed E-state index contributed by atoms with van der Waals surface area (Å²) < 4.78 is 5.58. The average Bonchev–Trinajstić information content (AvgIpc) is 2.74. The lowest BCUT2D eigenvalue weighted by Crippen LogP contribution is -2.03. The van der Waals surface area contributed by atoms with Crippen molar-refractivity contribution in [1.29, 1.82) is 0 Å². The summed E-state index contributed by atoms with van der Waals surface area (Å²) in [6.07, 6.45) is 0.934. The van der Waals surface area contributed by atoms with Gasteiger partial charge in [-0.25, -0.2) is 9.97 Å². The zero-order valence-corrected chi connectivity index (χ0v) is 11.3. The largest absolute Gasteiger partial charge is 0.458 e. The summed E-state index contributed by atoms with van der Waals surface area (Å²) in [5.41, 5.74) is 1.04. The average molecular weight is 245 g/mol. The highest BCUT2D eigenvalue weighted by Crippen LogP contribution is 2.21. The summed E-state index contributed by atoms with van der Waals surface area (Å²) >= 11 is 0. The van der Waals surface area contributed by atoms with Crippen molar-refractivity contribution in [3.05, 3.63) is 29.7 Å². The number of rotatable bonds is 4. The summed E-state index contributed by atoms with van der Waals surface area (Å²) in [6, 6.07) is 5.81. The highest BCUT2D eigenvalue weighted by Gasteiger charge is 2.10. The Morgan fingerprint density at radius 1 is 1.28 bits per heavy atom. The lowest BCUT2D eigenvalue weighted by molar-refractivity contribution is 0.543. The second-order valence-corrected chi connectivity index (χ2v) is 4.83. The van der Waals surface area contributed by atoms with Crippen molar-refractivity contribution >= 4 is 5.82 Å².